The van der Waals surface area contributed by atoms with Gasteiger partial charge in [-0.3, -0.25) is 9.59 Å². The predicted molar refractivity (Wildman–Crippen MR) is 48.9 cm³/mol. The van der Waals surface area contributed by atoms with Gasteiger partial charge in [-0.15, -0.1) is 0 Å². The molecule has 0 saturated carbocycles. The molecule has 1 aliphatic heterocycles. The number of carbonyl (C=O) groups excluding carboxylic acids is 2. The van der Waals surface area contributed by atoms with Crippen molar-refractivity contribution in [1.82, 2.24) is 5.23 Å². The lowest BCUT2D eigenvalue weighted by atomic mass is 9.76. The van der Waals surface area contributed by atoms with E-state index in [4.69, 9.17) is 10.8 Å². The van der Waals surface area contributed by atoms with Gasteiger partial charge in [0.2, 0.25) is 0 Å². The predicted octanol–water partition coefficient (Wildman–Crippen LogP) is -2.40. The van der Waals surface area contributed by atoms with E-state index in [1.54, 1.807) is 0 Å². The van der Waals surface area contributed by atoms with Gasteiger partial charge in [0.15, 0.2) is 11.5 Å². The molecule has 1 fully saturated rings. The van der Waals surface area contributed by atoms with E-state index in [0.717, 1.165) is 0 Å². The van der Waals surface area contributed by atoms with E-state index in [1.807, 2.05) is 0 Å². The first-order chi connectivity index (χ1) is 6.50. The Morgan fingerprint density at radius 1 is 1.71 bits per heavy atom. The number of carbonyl (C=O) groups is 3. The zero-order chi connectivity index (χ0) is 10.7. The van der Waals surface area contributed by atoms with Crippen molar-refractivity contribution in [3.8, 4) is 0 Å². The van der Waals surface area contributed by atoms with Gasteiger partial charge in [0, 0.05) is 12.5 Å². The van der Waals surface area contributed by atoms with Crippen LogP contribution in [0.4, 0.5) is 0 Å². The Morgan fingerprint density at radius 2 is 2.36 bits per heavy atom. The average Bonchev–Trinajstić information content (AvgIpc) is 2.11. The lowest BCUT2D eigenvalue weighted by Crippen LogP contribution is -2.50. The molecule has 76 valence electrons. The number of carboxylic acid groups (broad SMARTS) is 1. The summed E-state index contributed by atoms with van der Waals surface area (Å²) in [4.78, 5) is 32.2. The Kier molecular flexibility index (Phi) is 3.37. The monoisotopic (exact) mass is 198 g/mol. The molecule has 1 rings (SSSR count). The van der Waals surface area contributed by atoms with Crippen LogP contribution in [0.5, 0.6) is 0 Å². The van der Waals surface area contributed by atoms with Crippen LogP contribution < -0.4 is 11.0 Å². The second-order valence-electron chi connectivity index (χ2n) is 3.31. The van der Waals surface area contributed by atoms with E-state index in [9.17, 15) is 14.4 Å². The second kappa shape index (κ2) is 4.34. The van der Waals surface area contributed by atoms with Crippen molar-refractivity contribution in [1.29, 1.82) is 0 Å². The van der Waals surface area contributed by atoms with E-state index in [-0.39, 0.29) is 26.3 Å². The fourth-order valence-electron chi connectivity index (χ4n) is 1.32. The third-order valence-corrected chi connectivity index (χ3v) is 2.15. The van der Waals surface area contributed by atoms with Gasteiger partial charge in [0.25, 0.3) is 7.41 Å². The minimum atomic E-state index is -1.10. The first-order valence-electron chi connectivity index (χ1n) is 4.28. The molecule has 0 aromatic rings. The van der Waals surface area contributed by atoms with Crippen molar-refractivity contribution in [2.24, 2.45) is 5.73 Å². The van der Waals surface area contributed by atoms with Gasteiger partial charge in [0.05, 0.1) is 0 Å². The average molecular weight is 198 g/mol. The molecule has 0 amide bonds. The summed E-state index contributed by atoms with van der Waals surface area (Å²) >= 11 is 0. The van der Waals surface area contributed by atoms with Crippen LogP contribution in [0, 0.1) is 0 Å². The zero-order valence-electron chi connectivity index (χ0n) is 7.53. The summed E-state index contributed by atoms with van der Waals surface area (Å²) in [5, 5.41) is 11.3. The molecule has 2 unspecified atom stereocenters. The van der Waals surface area contributed by atoms with Gasteiger partial charge in [-0.1, -0.05) is 0 Å². The smallest absolute Gasteiger partial charge is 0.320 e. The Balaban J connectivity index is 2.44. The topological polar surface area (TPSA) is 109 Å². The lowest BCUT2D eigenvalue weighted by Gasteiger charge is -2.22. The normalized spacial score (nSPS) is 24.2. The molecule has 0 aromatic heterocycles. The summed E-state index contributed by atoms with van der Waals surface area (Å²) in [6.07, 6.45) is 0.203. The highest BCUT2D eigenvalue weighted by molar-refractivity contribution is 6.87. The SMILES string of the molecule is NC(CC1CC(=O)C(=O)BN1)C(=O)O. The molecular weight excluding hydrogens is 187 g/mol. The third kappa shape index (κ3) is 2.64. The molecule has 0 spiro atoms. The van der Waals surface area contributed by atoms with E-state index in [1.165, 1.54) is 0 Å². The first kappa shape index (κ1) is 10.9. The minimum absolute atomic E-state index is 0.0180. The number of carboxylic acids is 1. The minimum Gasteiger partial charge on any atom is -0.480 e. The summed E-state index contributed by atoms with van der Waals surface area (Å²) in [6, 6.07) is -1.29. The maximum absolute atomic E-state index is 11.0. The molecular formula is C7H11BN2O4. The molecule has 4 N–H and O–H groups in total. The van der Waals surface area contributed by atoms with Gasteiger partial charge >= 0.3 is 5.97 Å². The van der Waals surface area contributed by atoms with Crippen LogP contribution >= 0.6 is 0 Å². The number of Topliss-reactive ketones (excluding diaryl/α,β-unsaturated/α-hetero) is 1. The molecule has 1 saturated heterocycles. The largest absolute Gasteiger partial charge is 0.480 e. The fraction of sp³-hybridized carbons (Fsp3) is 0.571. The number of aliphatic carboxylic acids is 1. The van der Waals surface area contributed by atoms with Gasteiger partial charge in [-0.05, 0) is 6.42 Å². The van der Waals surface area contributed by atoms with Gasteiger partial charge < -0.3 is 20.9 Å². The molecule has 14 heavy (non-hydrogen) atoms. The molecule has 2 atom stereocenters. The van der Waals surface area contributed by atoms with Crippen molar-refractivity contribution in [2.45, 2.75) is 24.9 Å². The highest BCUT2D eigenvalue weighted by Crippen LogP contribution is 2.06. The maximum Gasteiger partial charge on any atom is 0.320 e. The molecule has 1 heterocycles. The Morgan fingerprint density at radius 3 is 2.86 bits per heavy atom. The van der Waals surface area contributed by atoms with Crippen LogP contribution in [-0.4, -0.2) is 42.0 Å². The molecule has 1 aliphatic rings. The fourth-order valence-corrected chi connectivity index (χ4v) is 1.32. The summed E-state index contributed by atoms with van der Waals surface area (Å²) in [5.74, 6) is -1.55. The first-order valence-corrected chi connectivity index (χ1v) is 4.28. The van der Waals surface area contributed by atoms with Crippen molar-refractivity contribution in [2.75, 3.05) is 0 Å². The molecule has 0 aromatic carbocycles. The van der Waals surface area contributed by atoms with Gasteiger partial charge in [0.1, 0.15) is 6.04 Å². The van der Waals surface area contributed by atoms with Crippen LogP contribution in [0.15, 0.2) is 0 Å². The van der Waals surface area contributed by atoms with Gasteiger partial charge in [-0.25, -0.2) is 0 Å². The van der Waals surface area contributed by atoms with Crippen LogP contribution in [-0.2, 0) is 14.4 Å². The van der Waals surface area contributed by atoms with Crippen molar-refractivity contribution < 1.29 is 19.5 Å². The standard InChI is InChI=1S/C7H11BN2O4/c9-4(7(13)14)1-3-2-5(11)6(12)8-10-3/h3-4,8,10H,1-2,9H2,(H,13,14). The number of nitrogens with two attached hydrogens (primary N) is 1. The van der Waals surface area contributed by atoms with Crippen molar-refractivity contribution in [3.63, 3.8) is 0 Å². The highest BCUT2D eigenvalue weighted by atomic mass is 16.4. The molecule has 7 heteroatoms. The Bertz CT molecular complexity index is 281. The third-order valence-electron chi connectivity index (χ3n) is 2.15. The van der Waals surface area contributed by atoms with Gasteiger partial charge in [-0.2, -0.15) is 0 Å². The van der Waals surface area contributed by atoms with E-state index >= 15 is 0 Å². The highest BCUT2D eigenvalue weighted by Gasteiger charge is 2.29. The lowest BCUT2D eigenvalue weighted by molar-refractivity contribution is -0.139. The van der Waals surface area contributed by atoms with Crippen LogP contribution in [0.25, 0.3) is 0 Å². The Hall–Kier alpha value is -1.21. The summed E-state index contributed by atoms with van der Waals surface area (Å²) < 4.78 is 0. The zero-order valence-corrected chi connectivity index (χ0v) is 7.53. The van der Waals surface area contributed by atoms with Crippen LogP contribution in [0.2, 0.25) is 0 Å². The number of nitrogens with one attached hydrogen (secondary N) is 1. The maximum atomic E-state index is 11.0. The number of ketones is 1. The molecule has 0 aliphatic carbocycles. The second-order valence-corrected chi connectivity index (χ2v) is 3.31. The van der Waals surface area contributed by atoms with E-state index in [0.29, 0.717) is 0 Å². The quantitative estimate of drug-likeness (QED) is 0.344. The van der Waals surface area contributed by atoms with E-state index in [2.05, 4.69) is 5.23 Å². The summed E-state index contributed by atoms with van der Waals surface area (Å²) in [5.41, 5.74) is 4.84. The molecule has 0 bridgehead atoms. The summed E-state index contributed by atoms with van der Waals surface area (Å²) in [6.45, 7) is 0. The number of hydrogen-bond donors (Lipinski definition) is 3. The van der Waals surface area contributed by atoms with Crippen molar-refractivity contribution in [3.05, 3.63) is 0 Å². The van der Waals surface area contributed by atoms with Crippen molar-refractivity contribution >= 4 is 24.8 Å². The summed E-state index contributed by atoms with van der Waals surface area (Å²) in [7, 11) is -0.0180. The number of rotatable bonds is 3. The Labute approximate surface area is 81.1 Å². The van der Waals surface area contributed by atoms with Crippen LogP contribution in [0.1, 0.15) is 12.8 Å². The number of hydrogen-bond acceptors (Lipinski definition) is 5. The molecule has 6 nitrogen and oxygen atoms in total. The molecule has 0 radical (unpaired) electrons. The van der Waals surface area contributed by atoms with E-state index < -0.39 is 23.5 Å². The van der Waals surface area contributed by atoms with Crippen LogP contribution in [0.3, 0.4) is 0 Å².